The van der Waals surface area contributed by atoms with Crippen molar-refractivity contribution in [2.24, 2.45) is 0 Å². The molecule has 0 aliphatic carbocycles. The summed E-state index contributed by atoms with van der Waals surface area (Å²) in [5.41, 5.74) is 0. The van der Waals surface area contributed by atoms with E-state index in [4.69, 9.17) is 9.84 Å². The lowest BCUT2D eigenvalue weighted by Gasteiger charge is -2.14. The molecule has 0 rings (SSSR count). The number of nitrogens with one attached hydrogen (secondary N) is 1. The molecule has 76 valence electrons. The normalized spacial score (nSPS) is 9.38. The van der Waals surface area contributed by atoms with Gasteiger partial charge in [0.15, 0.2) is 0 Å². The maximum atomic E-state index is 11.0. The van der Waals surface area contributed by atoms with Crippen LogP contribution in [0, 0.1) is 0 Å². The van der Waals surface area contributed by atoms with Gasteiger partial charge < -0.3 is 20.1 Å². The Hall–Kier alpha value is -1.30. The Morgan fingerprint density at radius 2 is 2.15 bits per heavy atom. The molecule has 0 radical (unpaired) electrons. The molecule has 0 aliphatic rings. The molecule has 0 saturated heterocycles. The molecule has 0 aromatic carbocycles. The lowest BCUT2D eigenvalue weighted by Crippen LogP contribution is -2.41. The fraction of sp³-hybridized carbons (Fsp3) is 0.714. The van der Waals surface area contributed by atoms with Crippen molar-refractivity contribution in [1.29, 1.82) is 0 Å². The molecule has 0 aromatic rings. The number of hydrogen-bond acceptors (Lipinski definition) is 3. The highest BCUT2D eigenvalue weighted by Gasteiger charge is 2.10. The molecule has 0 atom stereocenters. The van der Waals surface area contributed by atoms with Gasteiger partial charge in [0.2, 0.25) is 0 Å². The lowest BCUT2D eigenvalue weighted by molar-refractivity contribution is -0.137. The summed E-state index contributed by atoms with van der Waals surface area (Å²) >= 11 is 0. The molecule has 0 heterocycles. The van der Waals surface area contributed by atoms with Crippen LogP contribution < -0.4 is 5.32 Å². The standard InChI is InChI=1S/C7H14N2O4/c1-9(5-6(10)11)7(12)8-3-4-13-2/h3-5H2,1-2H3,(H,8,12)(H,10,11). The highest BCUT2D eigenvalue weighted by Crippen LogP contribution is 1.83. The van der Waals surface area contributed by atoms with E-state index in [1.165, 1.54) is 14.2 Å². The predicted molar refractivity (Wildman–Crippen MR) is 45.5 cm³/mol. The number of hydrogen-bond donors (Lipinski definition) is 2. The minimum absolute atomic E-state index is 0.307. The maximum absolute atomic E-state index is 11.0. The van der Waals surface area contributed by atoms with Crippen LogP contribution in [0.25, 0.3) is 0 Å². The topological polar surface area (TPSA) is 78.9 Å². The minimum Gasteiger partial charge on any atom is -0.480 e. The lowest BCUT2D eigenvalue weighted by atomic mass is 10.5. The van der Waals surface area contributed by atoms with Gasteiger partial charge in [0.25, 0.3) is 0 Å². The average Bonchev–Trinajstić information content (AvgIpc) is 2.03. The Morgan fingerprint density at radius 3 is 2.62 bits per heavy atom. The number of carboxylic acid groups (broad SMARTS) is 1. The van der Waals surface area contributed by atoms with Gasteiger partial charge in [0, 0.05) is 20.7 Å². The van der Waals surface area contributed by atoms with Crippen LogP contribution in [-0.2, 0) is 9.53 Å². The van der Waals surface area contributed by atoms with Crippen molar-refractivity contribution >= 4 is 12.0 Å². The SMILES string of the molecule is COCCNC(=O)N(C)CC(=O)O. The largest absolute Gasteiger partial charge is 0.480 e. The molecule has 6 heteroatoms. The van der Waals surface area contributed by atoms with Crippen LogP contribution in [0.1, 0.15) is 0 Å². The van der Waals surface area contributed by atoms with E-state index in [2.05, 4.69) is 5.32 Å². The van der Waals surface area contributed by atoms with Crippen molar-refractivity contribution in [2.45, 2.75) is 0 Å². The second-order valence-corrected chi connectivity index (χ2v) is 2.47. The first-order valence-electron chi connectivity index (χ1n) is 3.77. The van der Waals surface area contributed by atoms with Crippen molar-refractivity contribution < 1.29 is 19.4 Å². The van der Waals surface area contributed by atoms with Crippen LogP contribution in [0.2, 0.25) is 0 Å². The molecule has 0 saturated carbocycles. The van der Waals surface area contributed by atoms with E-state index >= 15 is 0 Å². The molecular formula is C7H14N2O4. The van der Waals surface area contributed by atoms with Gasteiger partial charge in [-0.3, -0.25) is 4.79 Å². The fourth-order valence-corrected chi connectivity index (χ4v) is 0.670. The van der Waals surface area contributed by atoms with Crippen molar-refractivity contribution in [3.8, 4) is 0 Å². The number of amides is 2. The van der Waals surface area contributed by atoms with E-state index in [0.717, 1.165) is 4.90 Å². The van der Waals surface area contributed by atoms with Gasteiger partial charge in [-0.05, 0) is 0 Å². The van der Waals surface area contributed by atoms with Crippen molar-refractivity contribution in [1.82, 2.24) is 10.2 Å². The number of carbonyl (C=O) groups excluding carboxylic acids is 1. The highest BCUT2D eigenvalue weighted by atomic mass is 16.5. The van der Waals surface area contributed by atoms with E-state index in [1.54, 1.807) is 0 Å². The van der Waals surface area contributed by atoms with Crippen LogP contribution in [0.3, 0.4) is 0 Å². The Morgan fingerprint density at radius 1 is 1.54 bits per heavy atom. The second-order valence-electron chi connectivity index (χ2n) is 2.47. The number of carbonyl (C=O) groups is 2. The number of urea groups is 1. The predicted octanol–water partition coefficient (Wildman–Crippen LogP) is -0.641. The molecule has 0 aromatic heterocycles. The smallest absolute Gasteiger partial charge is 0.323 e. The van der Waals surface area contributed by atoms with Gasteiger partial charge in [-0.15, -0.1) is 0 Å². The molecule has 2 amide bonds. The summed E-state index contributed by atoms with van der Waals surface area (Å²) in [6.07, 6.45) is 0. The number of nitrogens with zero attached hydrogens (tertiary/aromatic N) is 1. The molecule has 6 nitrogen and oxygen atoms in total. The summed E-state index contributed by atoms with van der Waals surface area (Å²) in [7, 11) is 2.93. The van der Waals surface area contributed by atoms with Gasteiger partial charge >= 0.3 is 12.0 Å². The van der Waals surface area contributed by atoms with Crippen molar-refractivity contribution in [3.63, 3.8) is 0 Å². The summed E-state index contributed by atoms with van der Waals surface area (Å²) in [6, 6.07) is -0.417. The summed E-state index contributed by atoms with van der Waals surface area (Å²) < 4.78 is 4.70. The van der Waals surface area contributed by atoms with E-state index in [-0.39, 0.29) is 6.54 Å². The first-order valence-corrected chi connectivity index (χ1v) is 3.77. The molecule has 0 spiro atoms. The van der Waals surface area contributed by atoms with Gasteiger partial charge in [-0.25, -0.2) is 4.79 Å². The van der Waals surface area contributed by atoms with E-state index < -0.39 is 12.0 Å². The Labute approximate surface area is 76.5 Å². The first-order chi connectivity index (χ1) is 6.07. The Bertz CT molecular complexity index is 183. The van der Waals surface area contributed by atoms with Crippen LogP contribution in [0.5, 0.6) is 0 Å². The summed E-state index contributed by atoms with van der Waals surface area (Å²) in [6.45, 7) is 0.477. The van der Waals surface area contributed by atoms with E-state index in [0.29, 0.717) is 13.2 Å². The van der Waals surface area contributed by atoms with Crippen LogP contribution >= 0.6 is 0 Å². The quantitative estimate of drug-likeness (QED) is 0.565. The maximum Gasteiger partial charge on any atom is 0.323 e. The fourth-order valence-electron chi connectivity index (χ4n) is 0.670. The van der Waals surface area contributed by atoms with Crippen LogP contribution in [0.15, 0.2) is 0 Å². The third kappa shape index (κ3) is 5.92. The third-order valence-electron chi connectivity index (χ3n) is 1.30. The Balaban J connectivity index is 3.63. The zero-order valence-electron chi connectivity index (χ0n) is 7.74. The molecule has 13 heavy (non-hydrogen) atoms. The number of rotatable bonds is 5. The third-order valence-corrected chi connectivity index (χ3v) is 1.30. The van der Waals surface area contributed by atoms with Gasteiger partial charge in [0.1, 0.15) is 6.54 Å². The minimum atomic E-state index is -1.04. The monoisotopic (exact) mass is 190 g/mol. The van der Waals surface area contributed by atoms with E-state index in [1.807, 2.05) is 0 Å². The van der Waals surface area contributed by atoms with Gasteiger partial charge in [-0.2, -0.15) is 0 Å². The molecular weight excluding hydrogens is 176 g/mol. The zero-order valence-corrected chi connectivity index (χ0v) is 7.74. The van der Waals surface area contributed by atoms with Crippen LogP contribution in [0.4, 0.5) is 4.79 Å². The summed E-state index contributed by atoms with van der Waals surface area (Å²) in [5.74, 6) is -1.04. The van der Waals surface area contributed by atoms with E-state index in [9.17, 15) is 9.59 Å². The molecule has 0 unspecified atom stereocenters. The first kappa shape index (κ1) is 11.7. The van der Waals surface area contributed by atoms with Crippen molar-refractivity contribution in [2.75, 3.05) is 33.9 Å². The zero-order chi connectivity index (χ0) is 10.3. The average molecular weight is 190 g/mol. The second kappa shape index (κ2) is 6.24. The highest BCUT2D eigenvalue weighted by molar-refractivity contribution is 5.79. The van der Waals surface area contributed by atoms with Gasteiger partial charge in [-0.1, -0.05) is 0 Å². The number of likely N-dealkylation sites (N-methyl/N-ethyl adjacent to an activating group) is 1. The number of ether oxygens (including phenoxy) is 1. The number of carboxylic acids is 1. The van der Waals surface area contributed by atoms with Crippen LogP contribution in [-0.4, -0.2) is 55.9 Å². The summed E-state index contributed by atoms with van der Waals surface area (Å²) in [4.78, 5) is 22.3. The number of methoxy groups -OCH3 is 1. The molecule has 0 bridgehead atoms. The molecule has 0 fully saturated rings. The summed E-state index contributed by atoms with van der Waals surface area (Å²) in [5, 5.41) is 10.8. The van der Waals surface area contributed by atoms with Gasteiger partial charge in [0.05, 0.1) is 6.61 Å². The van der Waals surface area contributed by atoms with Crippen molar-refractivity contribution in [3.05, 3.63) is 0 Å². The molecule has 2 N–H and O–H groups in total. The molecule has 0 aliphatic heterocycles. The number of aliphatic carboxylic acids is 1. The Kier molecular flexibility index (Phi) is 5.62.